The number of carbonyl (C=O) groups excluding carboxylic acids is 1. The van der Waals surface area contributed by atoms with Crippen LogP contribution in [0.15, 0.2) is 30.3 Å². The zero-order valence-corrected chi connectivity index (χ0v) is 70.9. The van der Waals surface area contributed by atoms with Gasteiger partial charge in [0.05, 0.1) is 108 Å². The number of hydrogen-bond acceptors (Lipinski definition) is 23. The molecule has 25 heteroatoms. The van der Waals surface area contributed by atoms with Crippen molar-refractivity contribution < 1.29 is 108 Å². The van der Waals surface area contributed by atoms with E-state index in [2.05, 4.69) is 105 Å². The zero-order chi connectivity index (χ0) is 81.7. The molecule has 1 aromatic rings. The van der Waals surface area contributed by atoms with Crippen LogP contribution >= 0.6 is 11.8 Å². The number of aliphatic hydroxyl groups excluding tert-OH is 11. The molecular weight excluding hydrogens is 1450 g/mol. The third-order valence-corrected chi connectivity index (χ3v) is 32.5. The summed E-state index contributed by atoms with van der Waals surface area (Å²) in [7, 11) is 8.00. The van der Waals surface area contributed by atoms with Gasteiger partial charge in [0.2, 0.25) is 0 Å². The number of aliphatic hydroxyl groups is 11. The largest absolute Gasteiger partial charge is 0.459 e. The van der Waals surface area contributed by atoms with Crippen molar-refractivity contribution >= 4 is 33.2 Å². The highest BCUT2D eigenvalue weighted by molar-refractivity contribution is 7.99. The van der Waals surface area contributed by atoms with E-state index in [1.54, 1.807) is 12.1 Å². The topological polar surface area (TPSA) is 332 Å². The highest BCUT2D eigenvalue weighted by atomic mass is 32.2. The summed E-state index contributed by atoms with van der Waals surface area (Å²) < 4.78 is 61.3. The molecule has 8 saturated carbocycles. The van der Waals surface area contributed by atoms with Crippen LogP contribution in [-0.2, 0) is 47.4 Å². The molecule has 3 aliphatic heterocycles. The number of esters is 1. The SMILES string of the molecule is CCC[C@@H](C)[C@H]1CC[C@H]2[C@@H]3[C@H](OCCO)C[C@@H]4C[C@H](C)CC[C@]4(C)[C@H]3C[C@H](OCCO)[C@]12C.CCC[C@@H](C)[C@H]1CC[C@H]2[C@@H]3[C@H](OCCO[C@@H]4OC(CO)[C@@H](O)[C@H](O)C4O)C[C@@H]4C[C@H](O)CC[C@]4(C)[C@H]3C[C@H](OCCO[C@@H]3OC(CO)[C@@H](O)[C@H](O)C3O)[C@]12C.CCS[C@@H]1OC(COC(=O)c2ccccc2)[C@@H](C)[C@H](C)C1C.[B][B]. The Morgan fingerprint density at radius 3 is 1.45 bits per heavy atom. The van der Waals surface area contributed by atoms with Crippen molar-refractivity contribution in [3.05, 3.63) is 35.9 Å². The molecule has 11 fully saturated rings. The van der Waals surface area contributed by atoms with Gasteiger partial charge in [0.1, 0.15) is 60.9 Å². The Morgan fingerprint density at radius 1 is 0.509 bits per heavy atom. The molecule has 8 aliphatic carbocycles. The molecule has 1 aromatic carbocycles. The van der Waals surface area contributed by atoms with Gasteiger partial charge >= 0.3 is 5.97 Å². The molecule has 0 aromatic heterocycles. The van der Waals surface area contributed by atoms with Gasteiger partial charge in [-0.15, -0.1) is 11.8 Å². The number of ether oxygens (including phenoxy) is 10. The lowest BCUT2D eigenvalue weighted by Gasteiger charge is -2.64. The van der Waals surface area contributed by atoms with Gasteiger partial charge in [-0.3, -0.25) is 0 Å². The minimum atomic E-state index is -1.52. The number of fused-ring (bicyclic) bond motifs is 10. The molecular formula is C87H148B2O22S. The predicted molar refractivity (Wildman–Crippen MR) is 430 cm³/mol. The molecule has 37 atom stereocenters. The van der Waals surface area contributed by atoms with Crippen molar-refractivity contribution in [3.8, 4) is 0 Å². The lowest BCUT2D eigenvalue weighted by atomic mass is 9.42. The van der Waals surface area contributed by atoms with E-state index >= 15 is 0 Å². The van der Waals surface area contributed by atoms with Crippen molar-refractivity contribution in [3.63, 3.8) is 0 Å². The number of benzene rings is 1. The van der Waals surface area contributed by atoms with Crippen LogP contribution in [0.4, 0.5) is 0 Å². The molecule has 4 radical (unpaired) electrons. The van der Waals surface area contributed by atoms with Gasteiger partial charge in [-0.2, -0.15) is 0 Å². The summed E-state index contributed by atoms with van der Waals surface area (Å²) in [5.41, 5.74) is 1.09. The molecule has 3 heterocycles. The van der Waals surface area contributed by atoms with Gasteiger partial charge in [0.25, 0.3) is 0 Å². The van der Waals surface area contributed by atoms with Crippen LogP contribution in [-0.4, -0.2) is 260 Å². The Labute approximate surface area is 677 Å². The summed E-state index contributed by atoms with van der Waals surface area (Å²) >= 11 is 1.84. The molecule has 0 bridgehead atoms. The Bertz CT molecular complexity index is 2920. The van der Waals surface area contributed by atoms with Gasteiger partial charge in [0.15, 0.2) is 12.6 Å². The van der Waals surface area contributed by atoms with E-state index in [9.17, 15) is 61.0 Å². The van der Waals surface area contributed by atoms with E-state index in [-0.39, 0.29) is 122 Å². The van der Waals surface area contributed by atoms with Gasteiger partial charge in [-0.1, -0.05) is 140 Å². The summed E-state index contributed by atoms with van der Waals surface area (Å²) in [5.74, 6) is 8.86. The lowest BCUT2D eigenvalue weighted by Crippen LogP contribution is -2.63. The maximum absolute atomic E-state index is 12.1. The molecule has 3 saturated heterocycles. The fourth-order valence-electron chi connectivity index (χ4n) is 24.9. The van der Waals surface area contributed by atoms with E-state index in [0.29, 0.717) is 108 Å². The van der Waals surface area contributed by atoms with E-state index < -0.39 is 74.6 Å². The predicted octanol–water partition coefficient (Wildman–Crippen LogP) is 9.23. The van der Waals surface area contributed by atoms with Crippen LogP contribution in [0.2, 0.25) is 0 Å². The van der Waals surface area contributed by atoms with E-state index in [1.165, 1.54) is 51.4 Å². The van der Waals surface area contributed by atoms with Gasteiger partial charge < -0.3 is 104 Å². The summed E-state index contributed by atoms with van der Waals surface area (Å²) in [6, 6.07) is 9.11. The maximum atomic E-state index is 12.1. The standard InChI is InChI=1S/C40H70O15.C29H52O4.C18H26O3S.B2/c1-5-6-20(2)23-7-8-24-30-25(17-29(40(23,24)4)51-12-14-53-38-36(49)34(47)32(45)28(19-42)55-38)39(3)10-9-22(43)15-21(39)16-26(30)50-11-13-52-37-35(48)33(46)31(44)27(18-41)54-37;1-6-7-20(3)22-8-9-23-27-24(18-26(29(22,23)5)33-15-13-31)28(4)11-10-19(2)16-21(28)17-25(27)32-14-12-30;1-5-22-18-14(4)12(2)13(3)16(21-18)11-20-17(19)15-9-7-6-8-10-15;1-2/h20-38,41-49H,5-19H2,1-4H3;19-27,30-31H,6-18H2,1-5H3;6-10,12-14,16,18H,5,11H2,1-4H3;/t20-,21+,22-,23-,24+,25+,26-,27?,28?,29+,30+,31-,32-,33+,34+,35?,36?,37-,38-,39+,40-;19-,20-,21+,22-,23+,24+,25-,26+,27+,28+,29-;12-,13-,14?,16?,18-;/m110./s1. The zero-order valence-electron chi connectivity index (χ0n) is 70.1. The van der Waals surface area contributed by atoms with Crippen LogP contribution < -0.4 is 0 Å². The first-order chi connectivity index (χ1) is 53.5. The summed E-state index contributed by atoms with van der Waals surface area (Å²) in [6.07, 6.45) is 6.15. The average Bonchev–Trinajstić information content (AvgIpc) is 1.40. The minimum absolute atomic E-state index is 0.0251. The Balaban J connectivity index is 0.000000213. The molecule has 11 N–H and O–H groups in total. The second kappa shape index (κ2) is 42.7. The molecule has 12 rings (SSSR count). The van der Waals surface area contributed by atoms with Crippen molar-refractivity contribution in [2.75, 3.05) is 78.4 Å². The molecule has 0 spiro atoms. The normalized spacial score (nSPS) is 45.3. The van der Waals surface area contributed by atoms with Crippen molar-refractivity contribution in [1.82, 2.24) is 0 Å². The van der Waals surface area contributed by atoms with Crippen LogP contribution in [0.1, 0.15) is 216 Å². The monoisotopic (exact) mass is 1600 g/mol. The molecule has 11 aliphatic rings. The first-order valence-electron chi connectivity index (χ1n) is 43.6. The van der Waals surface area contributed by atoms with Crippen LogP contribution in [0.5, 0.6) is 0 Å². The smallest absolute Gasteiger partial charge is 0.338 e. The summed E-state index contributed by atoms with van der Waals surface area (Å²) in [5, 5.41) is 111. The number of hydrogen-bond donors (Lipinski definition) is 11. The van der Waals surface area contributed by atoms with Crippen molar-refractivity contribution in [2.45, 2.75) is 309 Å². The molecule has 640 valence electrons. The minimum Gasteiger partial charge on any atom is -0.459 e. The molecule has 0 amide bonds. The van der Waals surface area contributed by atoms with Gasteiger partial charge in [-0.05, 0) is 207 Å². The third-order valence-electron chi connectivity index (χ3n) is 31.3. The highest BCUT2D eigenvalue weighted by Crippen LogP contribution is 2.72. The second-order valence-corrected chi connectivity index (χ2v) is 38.4. The van der Waals surface area contributed by atoms with Crippen LogP contribution in [0, 0.1) is 116 Å². The molecule has 6 unspecified atom stereocenters. The summed E-state index contributed by atoms with van der Waals surface area (Å²) in [6.45, 7) is 31.6. The Kier molecular flexibility index (Phi) is 36.0. The Hall–Kier alpha value is -1.63. The molecule has 112 heavy (non-hydrogen) atoms. The van der Waals surface area contributed by atoms with Gasteiger partial charge in [0, 0.05) is 26.3 Å². The average molecular weight is 1600 g/mol. The fourth-order valence-corrected chi connectivity index (χ4v) is 26.0. The van der Waals surface area contributed by atoms with Crippen LogP contribution in [0.25, 0.3) is 0 Å². The molecule has 22 nitrogen and oxygen atoms in total. The van der Waals surface area contributed by atoms with Gasteiger partial charge in [-0.25, -0.2) is 4.79 Å². The van der Waals surface area contributed by atoms with Crippen molar-refractivity contribution in [1.29, 1.82) is 0 Å². The van der Waals surface area contributed by atoms with E-state index in [4.69, 9.17) is 47.4 Å². The third kappa shape index (κ3) is 20.3. The second-order valence-electron chi connectivity index (χ2n) is 37.0. The number of carbonyl (C=O) groups is 1. The Morgan fingerprint density at radius 2 is 0.964 bits per heavy atom. The number of thioether (sulfide) groups is 1. The number of rotatable bonds is 29. The van der Waals surface area contributed by atoms with Crippen LogP contribution in [0.3, 0.4) is 0 Å². The quantitative estimate of drug-likeness (QED) is 0.0202. The highest BCUT2D eigenvalue weighted by Gasteiger charge is 2.69. The summed E-state index contributed by atoms with van der Waals surface area (Å²) in [4.78, 5) is 12.1. The fraction of sp³-hybridized carbons (Fsp3) is 0.920. The first kappa shape index (κ1) is 94.2. The van der Waals surface area contributed by atoms with E-state index in [0.717, 1.165) is 69.5 Å². The van der Waals surface area contributed by atoms with E-state index in [1.807, 2.05) is 30.0 Å². The lowest BCUT2D eigenvalue weighted by molar-refractivity contribution is -0.305. The first-order valence-corrected chi connectivity index (χ1v) is 44.6. The van der Waals surface area contributed by atoms with Crippen molar-refractivity contribution in [2.24, 2.45) is 116 Å². The maximum Gasteiger partial charge on any atom is 0.338 e.